The zero-order valence-electron chi connectivity index (χ0n) is 9.96. The van der Waals surface area contributed by atoms with Crippen LogP contribution in [0, 0.1) is 11.7 Å². The molecule has 1 atom stereocenters. The lowest BCUT2D eigenvalue weighted by molar-refractivity contribution is 0.381. The normalized spacial score (nSPS) is 19.9. The summed E-state index contributed by atoms with van der Waals surface area (Å²) < 4.78 is 13.4. The highest BCUT2D eigenvalue weighted by molar-refractivity contribution is 6.31. The number of halogens is 2. The van der Waals surface area contributed by atoms with Crippen LogP contribution in [0.5, 0.6) is 0 Å². The van der Waals surface area contributed by atoms with Crippen molar-refractivity contribution in [2.75, 3.05) is 0 Å². The molecule has 2 rings (SSSR count). The molecular weight excluding hydrogens is 237 g/mol. The van der Waals surface area contributed by atoms with Crippen LogP contribution in [0.2, 0.25) is 5.02 Å². The number of hydrogen-bond acceptors (Lipinski definition) is 1. The van der Waals surface area contributed by atoms with Gasteiger partial charge in [0.2, 0.25) is 0 Å². The molecule has 0 saturated heterocycles. The van der Waals surface area contributed by atoms with E-state index in [9.17, 15) is 4.39 Å². The van der Waals surface area contributed by atoms with Gasteiger partial charge in [-0.25, -0.2) is 4.39 Å². The number of nitrogens with two attached hydrogens (primary N) is 1. The van der Waals surface area contributed by atoms with Gasteiger partial charge in [-0.3, -0.25) is 0 Å². The van der Waals surface area contributed by atoms with Crippen molar-refractivity contribution in [1.82, 2.24) is 0 Å². The third-order valence-electron chi connectivity index (χ3n) is 3.75. The van der Waals surface area contributed by atoms with Gasteiger partial charge in [0.25, 0.3) is 0 Å². The molecule has 0 heterocycles. The number of rotatable bonds is 2. The molecule has 0 amide bonds. The Balaban J connectivity index is 2.17. The van der Waals surface area contributed by atoms with Gasteiger partial charge < -0.3 is 5.73 Å². The molecule has 94 valence electrons. The van der Waals surface area contributed by atoms with E-state index in [-0.39, 0.29) is 16.9 Å². The van der Waals surface area contributed by atoms with Crippen molar-refractivity contribution >= 4 is 11.6 Å². The van der Waals surface area contributed by atoms with Crippen molar-refractivity contribution in [1.29, 1.82) is 0 Å². The second-order valence-corrected chi connectivity index (χ2v) is 5.30. The second kappa shape index (κ2) is 5.83. The van der Waals surface area contributed by atoms with E-state index in [0.29, 0.717) is 5.92 Å². The Bertz CT molecular complexity index is 372. The van der Waals surface area contributed by atoms with Gasteiger partial charge in [-0.15, -0.1) is 0 Å². The van der Waals surface area contributed by atoms with Crippen LogP contribution in [0.25, 0.3) is 0 Å². The van der Waals surface area contributed by atoms with Gasteiger partial charge in [0.1, 0.15) is 5.82 Å². The van der Waals surface area contributed by atoms with Crippen molar-refractivity contribution < 1.29 is 4.39 Å². The molecule has 1 aliphatic rings. The molecule has 1 aliphatic carbocycles. The van der Waals surface area contributed by atoms with Gasteiger partial charge in [-0.05, 0) is 30.4 Å². The highest BCUT2D eigenvalue weighted by Gasteiger charge is 2.23. The van der Waals surface area contributed by atoms with Crippen LogP contribution < -0.4 is 5.73 Å². The summed E-state index contributed by atoms with van der Waals surface area (Å²) in [5.41, 5.74) is 7.02. The fourth-order valence-electron chi connectivity index (χ4n) is 2.70. The van der Waals surface area contributed by atoms with Gasteiger partial charge in [0, 0.05) is 6.04 Å². The highest BCUT2D eigenvalue weighted by Crippen LogP contribution is 2.35. The summed E-state index contributed by atoms with van der Waals surface area (Å²) in [6.07, 6.45) is 7.30. The molecule has 0 bridgehead atoms. The predicted octanol–water partition coefficient (Wildman–Crippen LogP) is 4.45. The first kappa shape index (κ1) is 12.8. The molecule has 0 aliphatic heterocycles. The smallest absolute Gasteiger partial charge is 0.142 e. The minimum Gasteiger partial charge on any atom is -0.324 e. The maximum atomic E-state index is 13.4. The third kappa shape index (κ3) is 2.99. The average molecular weight is 256 g/mol. The minimum absolute atomic E-state index is 0.128. The Hall–Kier alpha value is -0.600. The number of benzene rings is 1. The summed E-state index contributed by atoms with van der Waals surface area (Å²) >= 11 is 5.99. The van der Waals surface area contributed by atoms with Crippen LogP contribution in [0.4, 0.5) is 4.39 Å². The minimum atomic E-state index is -0.367. The molecule has 17 heavy (non-hydrogen) atoms. The lowest BCUT2D eigenvalue weighted by Crippen LogP contribution is -2.21. The first-order chi connectivity index (χ1) is 8.20. The molecular formula is C14H19ClFN. The van der Waals surface area contributed by atoms with E-state index >= 15 is 0 Å². The number of hydrogen-bond donors (Lipinski definition) is 1. The molecule has 3 heteroatoms. The lowest BCUT2D eigenvalue weighted by Gasteiger charge is -2.23. The van der Waals surface area contributed by atoms with Gasteiger partial charge in [0.15, 0.2) is 0 Å². The summed E-state index contributed by atoms with van der Waals surface area (Å²) in [5.74, 6) is 0.0741. The van der Waals surface area contributed by atoms with Crippen molar-refractivity contribution in [3.05, 3.63) is 34.6 Å². The Morgan fingerprint density at radius 2 is 1.82 bits per heavy atom. The topological polar surface area (TPSA) is 26.0 Å². The summed E-state index contributed by atoms with van der Waals surface area (Å²) in [4.78, 5) is 0. The van der Waals surface area contributed by atoms with Crippen LogP contribution >= 0.6 is 11.6 Å². The van der Waals surface area contributed by atoms with Crippen LogP contribution in [-0.2, 0) is 0 Å². The second-order valence-electron chi connectivity index (χ2n) is 4.92. The van der Waals surface area contributed by atoms with Gasteiger partial charge in [0.05, 0.1) is 5.02 Å². The summed E-state index contributed by atoms with van der Waals surface area (Å²) in [6.45, 7) is 0. The van der Waals surface area contributed by atoms with E-state index in [1.807, 2.05) is 6.07 Å². The Morgan fingerprint density at radius 3 is 2.47 bits per heavy atom. The van der Waals surface area contributed by atoms with Crippen molar-refractivity contribution in [2.24, 2.45) is 11.7 Å². The van der Waals surface area contributed by atoms with Crippen LogP contribution in [0.3, 0.4) is 0 Å². The molecule has 2 N–H and O–H groups in total. The molecule has 1 nitrogen and oxygen atoms in total. The summed E-state index contributed by atoms with van der Waals surface area (Å²) in [6, 6.07) is 4.79. The molecule has 1 fully saturated rings. The molecule has 0 spiro atoms. The van der Waals surface area contributed by atoms with E-state index in [2.05, 4.69) is 0 Å². The van der Waals surface area contributed by atoms with E-state index in [4.69, 9.17) is 17.3 Å². The SMILES string of the molecule is NC(c1cccc(F)c1Cl)C1CCCCCC1. The standard InChI is InChI=1S/C14H19ClFN/c15-13-11(8-5-9-12(13)16)14(17)10-6-3-1-2-4-7-10/h5,8-10,14H,1-4,6-7,17H2. The zero-order chi connectivity index (χ0) is 12.3. The first-order valence-corrected chi connectivity index (χ1v) is 6.77. The monoisotopic (exact) mass is 255 g/mol. The maximum absolute atomic E-state index is 13.4. The van der Waals surface area contributed by atoms with Crippen LogP contribution in [0.1, 0.15) is 50.1 Å². The van der Waals surface area contributed by atoms with E-state index in [0.717, 1.165) is 18.4 Å². The van der Waals surface area contributed by atoms with Crippen molar-refractivity contribution in [2.45, 2.75) is 44.6 Å². The predicted molar refractivity (Wildman–Crippen MR) is 69.5 cm³/mol. The molecule has 1 aromatic carbocycles. The maximum Gasteiger partial charge on any atom is 0.142 e. The highest BCUT2D eigenvalue weighted by atomic mass is 35.5. The lowest BCUT2D eigenvalue weighted by atomic mass is 9.88. The first-order valence-electron chi connectivity index (χ1n) is 6.39. The van der Waals surface area contributed by atoms with Crippen molar-refractivity contribution in [3.63, 3.8) is 0 Å². The fourth-order valence-corrected chi connectivity index (χ4v) is 2.95. The van der Waals surface area contributed by atoms with E-state index in [1.54, 1.807) is 6.07 Å². The Labute approximate surface area is 107 Å². The quantitative estimate of drug-likeness (QED) is 0.777. The summed E-state index contributed by atoms with van der Waals surface area (Å²) in [5, 5.41) is 0.198. The van der Waals surface area contributed by atoms with Gasteiger partial charge in [-0.2, -0.15) is 0 Å². The average Bonchev–Trinajstić information content (AvgIpc) is 2.60. The van der Waals surface area contributed by atoms with Gasteiger partial charge in [-0.1, -0.05) is 49.4 Å². The molecule has 1 unspecified atom stereocenters. The van der Waals surface area contributed by atoms with Crippen LogP contribution in [-0.4, -0.2) is 0 Å². The molecule has 0 aromatic heterocycles. The Morgan fingerprint density at radius 1 is 1.18 bits per heavy atom. The fraction of sp³-hybridized carbons (Fsp3) is 0.571. The van der Waals surface area contributed by atoms with E-state index in [1.165, 1.54) is 31.7 Å². The van der Waals surface area contributed by atoms with Gasteiger partial charge >= 0.3 is 0 Å². The van der Waals surface area contributed by atoms with Crippen molar-refractivity contribution in [3.8, 4) is 0 Å². The molecule has 1 aromatic rings. The molecule has 0 radical (unpaired) electrons. The third-order valence-corrected chi connectivity index (χ3v) is 4.15. The van der Waals surface area contributed by atoms with E-state index < -0.39 is 0 Å². The molecule has 1 saturated carbocycles. The van der Waals surface area contributed by atoms with Crippen LogP contribution in [0.15, 0.2) is 18.2 Å². The Kier molecular flexibility index (Phi) is 4.41. The largest absolute Gasteiger partial charge is 0.324 e. The zero-order valence-corrected chi connectivity index (χ0v) is 10.7. The summed E-state index contributed by atoms with van der Waals surface area (Å²) in [7, 11) is 0.